The van der Waals surface area contributed by atoms with Gasteiger partial charge in [-0.3, -0.25) is 9.59 Å². The summed E-state index contributed by atoms with van der Waals surface area (Å²) in [6, 6.07) is -0.825. The molecule has 0 unspecified atom stereocenters. The number of likely N-dealkylation sites (tertiary alicyclic amines) is 1. The van der Waals surface area contributed by atoms with Crippen LogP contribution in [0.4, 0.5) is 13.2 Å². The third-order valence-corrected chi connectivity index (χ3v) is 4.61. The molecule has 2 heterocycles. The number of nitrogens with zero attached hydrogens (tertiary/aromatic N) is 2. The molecular weight excluding hydrogens is 331 g/mol. The summed E-state index contributed by atoms with van der Waals surface area (Å²) in [6.07, 6.45) is -2.62. The zero-order valence-corrected chi connectivity index (χ0v) is 13.5. The van der Waals surface area contributed by atoms with Gasteiger partial charge in [-0.15, -0.1) is 11.3 Å². The van der Waals surface area contributed by atoms with Gasteiger partial charge < -0.3 is 10.2 Å². The van der Waals surface area contributed by atoms with Crippen molar-refractivity contribution in [2.24, 2.45) is 0 Å². The Morgan fingerprint density at radius 1 is 1.48 bits per heavy atom. The molecule has 1 saturated heterocycles. The van der Waals surface area contributed by atoms with Crippen molar-refractivity contribution in [1.82, 2.24) is 15.2 Å². The van der Waals surface area contributed by atoms with Crippen molar-refractivity contribution in [2.45, 2.75) is 44.8 Å². The number of hydrogen-bond acceptors (Lipinski definition) is 4. The van der Waals surface area contributed by atoms with Crippen LogP contribution >= 0.6 is 11.3 Å². The number of thiazole rings is 1. The third kappa shape index (κ3) is 4.92. The lowest BCUT2D eigenvalue weighted by Crippen LogP contribution is -2.48. The standard InChI is InChI=1S/C14H18F3N3O2S/c1-2-11-19-9(7-23-11)6-12(21)20-5-3-4-10(20)13(22)18-8-14(15,16)17/h7,10H,2-6,8H2,1H3,(H,18,22)/t10-/m0/s1. The summed E-state index contributed by atoms with van der Waals surface area (Å²) >= 11 is 1.47. The van der Waals surface area contributed by atoms with Gasteiger partial charge in [0.2, 0.25) is 11.8 Å². The van der Waals surface area contributed by atoms with Crippen LogP contribution in [0.15, 0.2) is 5.38 Å². The second-order valence-corrected chi connectivity index (χ2v) is 6.28. The first-order valence-electron chi connectivity index (χ1n) is 7.37. The van der Waals surface area contributed by atoms with Crippen LogP contribution in [0.5, 0.6) is 0 Å². The van der Waals surface area contributed by atoms with Gasteiger partial charge in [0.05, 0.1) is 17.1 Å². The van der Waals surface area contributed by atoms with E-state index in [2.05, 4.69) is 4.98 Å². The highest BCUT2D eigenvalue weighted by Gasteiger charge is 2.36. The summed E-state index contributed by atoms with van der Waals surface area (Å²) < 4.78 is 36.5. The van der Waals surface area contributed by atoms with Crippen molar-refractivity contribution in [3.05, 3.63) is 16.1 Å². The highest BCUT2D eigenvalue weighted by atomic mass is 32.1. The van der Waals surface area contributed by atoms with Crippen LogP contribution < -0.4 is 5.32 Å². The van der Waals surface area contributed by atoms with Gasteiger partial charge in [-0.05, 0) is 19.3 Å². The normalized spacial score (nSPS) is 18.3. The van der Waals surface area contributed by atoms with E-state index >= 15 is 0 Å². The molecule has 1 aliphatic rings. The summed E-state index contributed by atoms with van der Waals surface area (Å²) in [6.45, 7) is 0.968. The minimum absolute atomic E-state index is 0.0690. The molecular formula is C14H18F3N3O2S. The minimum Gasteiger partial charge on any atom is -0.345 e. The Balaban J connectivity index is 1.94. The summed E-state index contributed by atoms with van der Waals surface area (Å²) in [5.41, 5.74) is 0.637. The van der Waals surface area contributed by atoms with E-state index in [-0.39, 0.29) is 12.3 Å². The van der Waals surface area contributed by atoms with E-state index in [1.54, 1.807) is 5.38 Å². The molecule has 0 saturated carbocycles. The van der Waals surface area contributed by atoms with E-state index < -0.39 is 24.7 Å². The van der Waals surface area contributed by atoms with Gasteiger partial charge in [0, 0.05) is 11.9 Å². The van der Waals surface area contributed by atoms with E-state index in [1.807, 2.05) is 12.2 Å². The third-order valence-electron chi connectivity index (χ3n) is 3.57. The SMILES string of the molecule is CCc1nc(CC(=O)N2CCC[C@H]2C(=O)NCC(F)(F)F)cs1. The number of rotatable bonds is 5. The van der Waals surface area contributed by atoms with Gasteiger partial charge in [0.15, 0.2) is 0 Å². The molecule has 1 aromatic rings. The first-order chi connectivity index (χ1) is 10.8. The Morgan fingerprint density at radius 3 is 2.83 bits per heavy atom. The fourth-order valence-corrected chi connectivity index (χ4v) is 3.24. The number of carbonyl (C=O) groups excluding carboxylic acids is 2. The molecule has 2 amide bonds. The van der Waals surface area contributed by atoms with Crippen molar-refractivity contribution >= 4 is 23.2 Å². The molecule has 128 valence electrons. The Labute approximate surface area is 135 Å². The lowest BCUT2D eigenvalue weighted by atomic mass is 10.2. The molecule has 9 heteroatoms. The maximum absolute atomic E-state index is 12.3. The van der Waals surface area contributed by atoms with Crippen LogP contribution in [0, 0.1) is 0 Å². The topological polar surface area (TPSA) is 62.3 Å². The van der Waals surface area contributed by atoms with E-state index in [0.717, 1.165) is 11.4 Å². The van der Waals surface area contributed by atoms with Gasteiger partial charge in [0.1, 0.15) is 12.6 Å². The number of nitrogens with one attached hydrogen (secondary N) is 1. The zero-order chi connectivity index (χ0) is 17.0. The number of aromatic nitrogens is 1. The van der Waals surface area contributed by atoms with Crippen LogP contribution in [0.1, 0.15) is 30.5 Å². The molecule has 23 heavy (non-hydrogen) atoms. The van der Waals surface area contributed by atoms with Crippen molar-refractivity contribution in [2.75, 3.05) is 13.1 Å². The average Bonchev–Trinajstić information content (AvgIpc) is 3.12. The number of alkyl halides is 3. The number of halogens is 3. The van der Waals surface area contributed by atoms with Gasteiger partial charge in [-0.2, -0.15) is 13.2 Å². The van der Waals surface area contributed by atoms with Gasteiger partial charge in [-0.1, -0.05) is 6.92 Å². The Kier molecular flexibility index (Phi) is 5.61. The number of aryl methyl sites for hydroxylation is 1. The summed E-state index contributed by atoms with van der Waals surface area (Å²) in [7, 11) is 0. The lowest BCUT2D eigenvalue weighted by molar-refractivity contribution is -0.144. The molecule has 0 bridgehead atoms. The summed E-state index contributed by atoms with van der Waals surface area (Å²) in [4.78, 5) is 29.9. The lowest BCUT2D eigenvalue weighted by Gasteiger charge is -2.24. The number of amides is 2. The highest BCUT2D eigenvalue weighted by Crippen LogP contribution is 2.20. The Bertz CT molecular complexity index is 574. The predicted octanol–water partition coefficient (Wildman–Crippen LogP) is 1.92. The highest BCUT2D eigenvalue weighted by molar-refractivity contribution is 7.09. The van der Waals surface area contributed by atoms with Gasteiger partial charge in [0.25, 0.3) is 0 Å². The number of carbonyl (C=O) groups is 2. The Morgan fingerprint density at radius 2 is 2.22 bits per heavy atom. The largest absolute Gasteiger partial charge is 0.405 e. The first kappa shape index (κ1) is 17.7. The van der Waals surface area contributed by atoms with Crippen molar-refractivity contribution < 1.29 is 22.8 Å². The van der Waals surface area contributed by atoms with Crippen LogP contribution in [-0.2, 0) is 22.4 Å². The first-order valence-corrected chi connectivity index (χ1v) is 8.25. The summed E-state index contributed by atoms with van der Waals surface area (Å²) in [5.74, 6) is -1.02. The fourth-order valence-electron chi connectivity index (χ4n) is 2.49. The van der Waals surface area contributed by atoms with Gasteiger partial charge >= 0.3 is 6.18 Å². The van der Waals surface area contributed by atoms with Crippen LogP contribution in [0.3, 0.4) is 0 Å². The quantitative estimate of drug-likeness (QED) is 0.883. The van der Waals surface area contributed by atoms with Crippen molar-refractivity contribution in [1.29, 1.82) is 0 Å². The maximum Gasteiger partial charge on any atom is 0.405 e. The smallest absolute Gasteiger partial charge is 0.345 e. The Hall–Kier alpha value is -1.64. The van der Waals surface area contributed by atoms with E-state index in [1.165, 1.54) is 16.2 Å². The van der Waals surface area contributed by atoms with E-state index in [4.69, 9.17) is 0 Å². The molecule has 5 nitrogen and oxygen atoms in total. The van der Waals surface area contributed by atoms with E-state index in [9.17, 15) is 22.8 Å². The molecule has 1 N–H and O–H groups in total. The van der Waals surface area contributed by atoms with Crippen molar-refractivity contribution in [3.63, 3.8) is 0 Å². The molecule has 0 spiro atoms. The monoisotopic (exact) mass is 349 g/mol. The maximum atomic E-state index is 12.3. The average molecular weight is 349 g/mol. The predicted molar refractivity (Wildman–Crippen MR) is 79.0 cm³/mol. The van der Waals surface area contributed by atoms with Crippen molar-refractivity contribution in [3.8, 4) is 0 Å². The van der Waals surface area contributed by atoms with E-state index in [0.29, 0.717) is 25.1 Å². The molecule has 2 rings (SSSR count). The molecule has 0 radical (unpaired) electrons. The fraction of sp³-hybridized carbons (Fsp3) is 0.643. The summed E-state index contributed by atoms with van der Waals surface area (Å²) in [5, 5.41) is 4.58. The molecule has 1 aliphatic heterocycles. The molecule has 1 aromatic heterocycles. The molecule has 0 aromatic carbocycles. The zero-order valence-electron chi connectivity index (χ0n) is 12.7. The second-order valence-electron chi connectivity index (χ2n) is 5.34. The van der Waals surface area contributed by atoms with Gasteiger partial charge in [-0.25, -0.2) is 4.98 Å². The second kappa shape index (κ2) is 7.29. The molecule has 1 atom stereocenters. The molecule has 1 fully saturated rings. The van der Waals surface area contributed by atoms with Crippen LogP contribution in [0.2, 0.25) is 0 Å². The minimum atomic E-state index is -4.46. The van der Waals surface area contributed by atoms with Crippen LogP contribution in [-0.4, -0.2) is 47.0 Å². The molecule has 0 aliphatic carbocycles. The van der Waals surface area contributed by atoms with Crippen LogP contribution in [0.25, 0.3) is 0 Å². The number of hydrogen-bond donors (Lipinski definition) is 1.